The second kappa shape index (κ2) is 4.54. The maximum absolute atomic E-state index is 12.1. The third-order valence-electron chi connectivity index (χ3n) is 3.37. The lowest BCUT2D eigenvalue weighted by atomic mass is 9.73. The Morgan fingerprint density at radius 2 is 1.87 bits per heavy atom. The van der Waals surface area contributed by atoms with Crippen molar-refractivity contribution in [2.24, 2.45) is 17.3 Å². The summed E-state index contributed by atoms with van der Waals surface area (Å²) in [4.78, 5) is 12.1. The fourth-order valence-corrected chi connectivity index (χ4v) is 1.87. The van der Waals surface area contributed by atoms with E-state index in [1.807, 2.05) is 6.92 Å². The Labute approximate surface area is 93.4 Å². The number of carbonyl (C=O) groups is 1. The van der Waals surface area contributed by atoms with Crippen LogP contribution in [-0.2, 0) is 9.53 Å². The third kappa shape index (κ3) is 3.22. The highest BCUT2D eigenvalue weighted by Crippen LogP contribution is 2.37. The van der Waals surface area contributed by atoms with Crippen LogP contribution in [0.5, 0.6) is 0 Å². The first-order chi connectivity index (χ1) is 6.86. The van der Waals surface area contributed by atoms with Crippen LogP contribution in [0.1, 0.15) is 53.9 Å². The Morgan fingerprint density at radius 1 is 1.33 bits per heavy atom. The number of esters is 1. The molecule has 0 aliphatic heterocycles. The first kappa shape index (κ1) is 12.5. The molecule has 0 saturated heterocycles. The fourth-order valence-electron chi connectivity index (χ4n) is 1.87. The molecule has 1 rings (SSSR count). The van der Waals surface area contributed by atoms with Crippen molar-refractivity contribution in [2.45, 2.75) is 60.0 Å². The topological polar surface area (TPSA) is 26.3 Å². The summed E-state index contributed by atoms with van der Waals surface area (Å²) in [5, 5.41) is 0. The molecule has 0 amide bonds. The lowest BCUT2D eigenvalue weighted by Crippen LogP contribution is -2.36. The number of hydrogen-bond donors (Lipinski definition) is 0. The van der Waals surface area contributed by atoms with Gasteiger partial charge in [0.1, 0.15) is 6.10 Å². The summed E-state index contributed by atoms with van der Waals surface area (Å²) in [6, 6.07) is 0. The van der Waals surface area contributed by atoms with Gasteiger partial charge in [-0.25, -0.2) is 0 Å². The second-order valence-electron chi connectivity index (χ2n) is 5.77. The Balaban J connectivity index is 2.64. The molecule has 0 aromatic heterocycles. The van der Waals surface area contributed by atoms with Crippen molar-refractivity contribution in [1.82, 2.24) is 0 Å². The summed E-state index contributed by atoms with van der Waals surface area (Å²) in [6.07, 6.45) is 3.25. The Hall–Kier alpha value is -0.530. The lowest BCUT2D eigenvalue weighted by Gasteiger charge is -2.32. The molecule has 1 aliphatic carbocycles. The van der Waals surface area contributed by atoms with Crippen LogP contribution in [0.25, 0.3) is 0 Å². The van der Waals surface area contributed by atoms with Crippen molar-refractivity contribution in [3.8, 4) is 0 Å². The van der Waals surface area contributed by atoms with E-state index in [0.29, 0.717) is 11.8 Å². The maximum atomic E-state index is 12.1. The average molecular weight is 212 g/mol. The summed E-state index contributed by atoms with van der Waals surface area (Å²) in [6.45, 7) is 10.6. The van der Waals surface area contributed by atoms with Crippen LogP contribution in [0.2, 0.25) is 0 Å². The van der Waals surface area contributed by atoms with E-state index in [-0.39, 0.29) is 17.5 Å². The molecule has 0 radical (unpaired) electrons. The zero-order chi connectivity index (χ0) is 11.6. The van der Waals surface area contributed by atoms with Crippen LogP contribution in [0.4, 0.5) is 0 Å². The zero-order valence-corrected chi connectivity index (χ0v) is 10.7. The number of rotatable bonds is 5. The molecule has 15 heavy (non-hydrogen) atoms. The van der Waals surface area contributed by atoms with Crippen molar-refractivity contribution in [3.63, 3.8) is 0 Å². The number of hydrogen-bond acceptors (Lipinski definition) is 2. The molecule has 1 saturated carbocycles. The van der Waals surface area contributed by atoms with E-state index in [0.717, 1.165) is 19.3 Å². The van der Waals surface area contributed by atoms with Gasteiger partial charge in [-0.15, -0.1) is 0 Å². The molecule has 1 aliphatic rings. The molecular formula is C13H24O2. The van der Waals surface area contributed by atoms with Gasteiger partial charge in [0.2, 0.25) is 0 Å². The molecule has 0 aromatic carbocycles. The summed E-state index contributed by atoms with van der Waals surface area (Å²) in [7, 11) is 0. The van der Waals surface area contributed by atoms with Gasteiger partial charge in [0.15, 0.2) is 0 Å². The van der Waals surface area contributed by atoms with Gasteiger partial charge >= 0.3 is 5.97 Å². The molecule has 0 bridgehead atoms. The van der Waals surface area contributed by atoms with E-state index in [1.54, 1.807) is 0 Å². The smallest absolute Gasteiger partial charge is 0.312 e. The molecule has 1 unspecified atom stereocenters. The SMILES string of the molecule is CC(C)CC(C)(C(=O)OC1CC1)C(C)C. The maximum Gasteiger partial charge on any atom is 0.312 e. The van der Waals surface area contributed by atoms with Gasteiger partial charge in [0.25, 0.3) is 0 Å². The van der Waals surface area contributed by atoms with E-state index >= 15 is 0 Å². The first-order valence-electron chi connectivity index (χ1n) is 6.07. The van der Waals surface area contributed by atoms with Gasteiger partial charge in [-0.1, -0.05) is 27.7 Å². The Morgan fingerprint density at radius 3 is 2.20 bits per heavy atom. The standard InChI is InChI=1S/C13H24O2/c1-9(2)8-13(5,10(3)4)12(14)15-11-6-7-11/h9-11H,6-8H2,1-5H3. The highest BCUT2D eigenvalue weighted by Gasteiger charge is 2.41. The van der Waals surface area contributed by atoms with E-state index in [4.69, 9.17) is 4.74 Å². The summed E-state index contributed by atoms with van der Waals surface area (Å²) >= 11 is 0. The molecule has 0 heterocycles. The minimum Gasteiger partial charge on any atom is -0.462 e. The van der Waals surface area contributed by atoms with Gasteiger partial charge in [-0.05, 0) is 38.0 Å². The second-order valence-corrected chi connectivity index (χ2v) is 5.77. The molecule has 0 aromatic rings. The first-order valence-corrected chi connectivity index (χ1v) is 6.07. The van der Waals surface area contributed by atoms with Crippen molar-refractivity contribution in [3.05, 3.63) is 0 Å². The van der Waals surface area contributed by atoms with Crippen molar-refractivity contribution < 1.29 is 9.53 Å². The minimum absolute atomic E-state index is 0.00806. The minimum atomic E-state index is -0.309. The summed E-state index contributed by atoms with van der Waals surface area (Å²) in [5.41, 5.74) is -0.309. The van der Waals surface area contributed by atoms with Crippen LogP contribution in [-0.4, -0.2) is 12.1 Å². The van der Waals surface area contributed by atoms with E-state index in [2.05, 4.69) is 27.7 Å². The number of carbonyl (C=O) groups excluding carboxylic acids is 1. The average Bonchev–Trinajstić information content (AvgIpc) is 2.86. The Bertz CT molecular complexity index is 229. The van der Waals surface area contributed by atoms with E-state index < -0.39 is 0 Å². The quantitative estimate of drug-likeness (QED) is 0.653. The van der Waals surface area contributed by atoms with Crippen LogP contribution < -0.4 is 0 Å². The highest BCUT2D eigenvalue weighted by atomic mass is 16.5. The van der Waals surface area contributed by atoms with Gasteiger partial charge in [-0.2, -0.15) is 0 Å². The number of ether oxygens (including phenoxy) is 1. The highest BCUT2D eigenvalue weighted by molar-refractivity contribution is 5.77. The van der Waals surface area contributed by atoms with Gasteiger partial charge < -0.3 is 4.74 Å². The molecule has 0 N–H and O–H groups in total. The molecule has 2 nitrogen and oxygen atoms in total. The zero-order valence-electron chi connectivity index (χ0n) is 10.7. The third-order valence-corrected chi connectivity index (χ3v) is 3.37. The predicted octanol–water partition coefficient (Wildman–Crippen LogP) is 3.40. The molecular weight excluding hydrogens is 188 g/mol. The molecule has 0 spiro atoms. The van der Waals surface area contributed by atoms with Crippen molar-refractivity contribution in [1.29, 1.82) is 0 Å². The monoisotopic (exact) mass is 212 g/mol. The van der Waals surface area contributed by atoms with Crippen LogP contribution >= 0.6 is 0 Å². The fraction of sp³-hybridized carbons (Fsp3) is 0.923. The van der Waals surface area contributed by atoms with Crippen molar-refractivity contribution in [2.75, 3.05) is 0 Å². The van der Waals surface area contributed by atoms with Gasteiger partial charge in [0.05, 0.1) is 5.41 Å². The molecule has 1 fully saturated rings. The molecule has 1 atom stereocenters. The van der Waals surface area contributed by atoms with Gasteiger partial charge in [0, 0.05) is 0 Å². The lowest BCUT2D eigenvalue weighted by molar-refractivity contribution is -0.160. The summed E-state index contributed by atoms with van der Waals surface area (Å²) < 4.78 is 5.45. The predicted molar refractivity (Wildman–Crippen MR) is 61.5 cm³/mol. The summed E-state index contributed by atoms with van der Waals surface area (Å²) in [5.74, 6) is 0.879. The van der Waals surface area contributed by atoms with Crippen LogP contribution in [0.3, 0.4) is 0 Å². The van der Waals surface area contributed by atoms with Crippen LogP contribution in [0.15, 0.2) is 0 Å². The largest absolute Gasteiger partial charge is 0.462 e. The van der Waals surface area contributed by atoms with E-state index in [9.17, 15) is 4.79 Å². The van der Waals surface area contributed by atoms with Gasteiger partial charge in [-0.3, -0.25) is 4.79 Å². The molecule has 88 valence electrons. The normalized spacial score (nSPS) is 20.5. The Kier molecular flexibility index (Phi) is 3.80. The van der Waals surface area contributed by atoms with Crippen molar-refractivity contribution >= 4 is 5.97 Å². The van der Waals surface area contributed by atoms with Crippen LogP contribution in [0, 0.1) is 17.3 Å². The molecule has 2 heteroatoms. The van der Waals surface area contributed by atoms with E-state index in [1.165, 1.54) is 0 Å².